The van der Waals surface area contributed by atoms with Crippen molar-refractivity contribution in [1.82, 2.24) is 25.3 Å². The fourth-order valence-electron chi connectivity index (χ4n) is 5.14. The van der Waals surface area contributed by atoms with Crippen LogP contribution in [-0.4, -0.2) is 46.1 Å². The van der Waals surface area contributed by atoms with Crippen LogP contribution in [0.1, 0.15) is 48.8 Å². The molecule has 4 aromatic rings. The molecule has 2 aliphatic carbocycles. The summed E-state index contributed by atoms with van der Waals surface area (Å²) in [7, 11) is 0. The molecule has 0 amide bonds. The predicted molar refractivity (Wildman–Crippen MR) is 139 cm³/mol. The SMILES string of the molecule is Fc1cccc(F)c1Nc1cc(-c2nc(N3CCNCC3)c3c(C4CC4)cnc(C4CC4)c3n2)ccn1. The van der Waals surface area contributed by atoms with Gasteiger partial charge >= 0.3 is 0 Å². The molecule has 7 nitrogen and oxygen atoms in total. The minimum atomic E-state index is -0.678. The largest absolute Gasteiger partial charge is 0.353 e. The highest BCUT2D eigenvalue weighted by atomic mass is 19.1. The highest BCUT2D eigenvalue weighted by molar-refractivity contribution is 5.96. The Morgan fingerprint density at radius 1 is 0.919 bits per heavy atom. The molecule has 7 rings (SSSR count). The smallest absolute Gasteiger partial charge is 0.162 e. The zero-order valence-electron chi connectivity index (χ0n) is 20.3. The van der Waals surface area contributed by atoms with Crippen LogP contribution in [0.25, 0.3) is 22.3 Å². The van der Waals surface area contributed by atoms with Gasteiger partial charge in [0.15, 0.2) is 5.82 Å². The Kier molecular flexibility index (Phi) is 5.46. The third kappa shape index (κ3) is 4.27. The molecule has 1 saturated heterocycles. The number of hydrogen-bond donors (Lipinski definition) is 2. The fourth-order valence-corrected chi connectivity index (χ4v) is 5.14. The van der Waals surface area contributed by atoms with Gasteiger partial charge in [-0.25, -0.2) is 23.7 Å². The Morgan fingerprint density at radius 3 is 2.41 bits per heavy atom. The van der Waals surface area contributed by atoms with Crippen LogP contribution in [-0.2, 0) is 0 Å². The highest BCUT2D eigenvalue weighted by Crippen LogP contribution is 2.48. The number of halogens is 2. The first-order valence-electron chi connectivity index (χ1n) is 13.0. The van der Waals surface area contributed by atoms with Gasteiger partial charge in [-0.1, -0.05) is 6.07 Å². The lowest BCUT2D eigenvalue weighted by Gasteiger charge is -2.30. The van der Waals surface area contributed by atoms with E-state index in [2.05, 4.69) is 26.7 Å². The van der Waals surface area contributed by atoms with Crippen LogP contribution in [0.3, 0.4) is 0 Å². The average molecular weight is 500 g/mol. The van der Waals surface area contributed by atoms with E-state index in [-0.39, 0.29) is 5.69 Å². The quantitative estimate of drug-likeness (QED) is 0.374. The summed E-state index contributed by atoms with van der Waals surface area (Å²) in [6.45, 7) is 3.54. The van der Waals surface area contributed by atoms with E-state index in [1.165, 1.54) is 36.6 Å². The van der Waals surface area contributed by atoms with Gasteiger partial charge in [0, 0.05) is 55.4 Å². The second-order valence-electron chi connectivity index (χ2n) is 10.1. The maximum atomic E-state index is 14.3. The number of piperazine rings is 1. The first-order chi connectivity index (χ1) is 18.2. The fraction of sp³-hybridized carbons (Fsp3) is 0.357. The molecule has 0 spiro atoms. The number of nitrogens with one attached hydrogen (secondary N) is 2. The van der Waals surface area contributed by atoms with Crippen molar-refractivity contribution in [3.63, 3.8) is 0 Å². The van der Waals surface area contributed by atoms with Gasteiger partial charge < -0.3 is 15.5 Å². The van der Waals surface area contributed by atoms with E-state index >= 15 is 0 Å². The van der Waals surface area contributed by atoms with Crippen molar-refractivity contribution < 1.29 is 8.78 Å². The van der Waals surface area contributed by atoms with E-state index < -0.39 is 11.6 Å². The van der Waals surface area contributed by atoms with Crippen molar-refractivity contribution in [2.24, 2.45) is 0 Å². The van der Waals surface area contributed by atoms with Crippen LogP contribution in [0, 0.1) is 11.6 Å². The minimum Gasteiger partial charge on any atom is -0.353 e. The number of anilines is 3. The molecule has 3 aromatic heterocycles. The molecule has 37 heavy (non-hydrogen) atoms. The molecule has 2 N–H and O–H groups in total. The van der Waals surface area contributed by atoms with Gasteiger partial charge in [-0.05, 0) is 61.4 Å². The van der Waals surface area contributed by atoms with E-state index in [0.29, 0.717) is 23.5 Å². The first-order valence-corrected chi connectivity index (χ1v) is 13.0. The number of nitrogens with zero attached hydrogens (tertiary/aromatic N) is 5. The van der Waals surface area contributed by atoms with Gasteiger partial charge in [-0.3, -0.25) is 4.98 Å². The van der Waals surface area contributed by atoms with E-state index in [1.54, 1.807) is 12.3 Å². The number of fused-ring (bicyclic) bond motifs is 1. The molecular formula is C28H27F2N7. The molecule has 1 aliphatic heterocycles. The second-order valence-corrected chi connectivity index (χ2v) is 10.1. The summed E-state index contributed by atoms with van der Waals surface area (Å²) in [6, 6.07) is 7.34. The van der Waals surface area contributed by atoms with Crippen molar-refractivity contribution in [1.29, 1.82) is 0 Å². The second kappa shape index (κ2) is 8.99. The van der Waals surface area contributed by atoms with Gasteiger partial charge in [-0.2, -0.15) is 0 Å². The van der Waals surface area contributed by atoms with Crippen LogP contribution in [0.4, 0.5) is 26.1 Å². The van der Waals surface area contributed by atoms with Gasteiger partial charge in [-0.15, -0.1) is 0 Å². The third-order valence-electron chi connectivity index (χ3n) is 7.40. The lowest BCUT2D eigenvalue weighted by molar-refractivity contribution is 0.586. The summed E-state index contributed by atoms with van der Waals surface area (Å²) in [5.74, 6) is 1.45. The summed E-state index contributed by atoms with van der Waals surface area (Å²) in [4.78, 5) is 21.8. The molecule has 3 aliphatic rings. The lowest BCUT2D eigenvalue weighted by atomic mass is 10.0. The Labute approximate surface area is 213 Å². The maximum absolute atomic E-state index is 14.3. The number of benzene rings is 1. The molecule has 9 heteroatoms. The molecule has 188 valence electrons. The van der Waals surface area contributed by atoms with Gasteiger partial charge in [0.1, 0.15) is 29.0 Å². The van der Waals surface area contributed by atoms with Crippen LogP contribution in [0.15, 0.2) is 42.7 Å². The molecule has 0 bridgehead atoms. The summed E-state index contributed by atoms with van der Waals surface area (Å²) < 4.78 is 28.5. The summed E-state index contributed by atoms with van der Waals surface area (Å²) >= 11 is 0. The normalized spacial score (nSPS) is 17.8. The monoisotopic (exact) mass is 499 g/mol. The van der Waals surface area contributed by atoms with Crippen molar-refractivity contribution in [3.8, 4) is 11.4 Å². The number of aromatic nitrogens is 4. The van der Waals surface area contributed by atoms with E-state index in [4.69, 9.17) is 15.0 Å². The molecule has 1 aromatic carbocycles. The summed E-state index contributed by atoms with van der Waals surface area (Å²) in [5.41, 5.74) is 3.75. The minimum absolute atomic E-state index is 0.234. The van der Waals surface area contributed by atoms with Gasteiger partial charge in [0.05, 0.1) is 11.2 Å². The van der Waals surface area contributed by atoms with Crippen LogP contribution >= 0.6 is 0 Å². The highest BCUT2D eigenvalue weighted by Gasteiger charge is 2.34. The summed E-state index contributed by atoms with van der Waals surface area (Å²) in [6.07, 6.45) is 8.28. The number of para-hydroxylation sites is 1. The zero-order valence-corrected chi connectivity index (χ0v) is 20.3. The van der Waals surface area contributed by atoms with E-state index in [0.717, 1.165) is 67.0 Å². The molecule has 0 atom stereocenters. The number of rotatable bonds is 6. The molecule has 0 radical (unpaired) electrons. The lowest BCUT2D eigenvalue weighted by Crippen LogP contribution is -2.44. The molecule has 2 saturated carbocycles. The van der Waals surface area contributed by atoms with Crippen LogP contribution in [0.5, 0.6) is 0 Å². The molecule has 4 heterocycles. The van der Waals surface area contributed by atoms with Crippen molar-refractivity contribution in [3.05, 3.63) is 65.6 Å². The van der Waals surface area contributed by atoms with Gasteiger partial charge in [0.2, 0.25) is 0 Å². The van der Waals surface area contributed by atoms with Crippen molar-refractivity contribution in [2.45, 2.75) is 37.5 Å². The first kappa shape index (κ1) is 22.5. The van der Waals surface area contributed by atoms with Crippen LogP contribution < -0.4 is 15.5 Å². The number of pyridine rings is 2. The Balaban J connectivity index is 1.38. The number of hydrogen-bond acceptors (Lipinski definition) is 7. The average Bonchev–Trinajstić information content (AvgIpc) is 3.84. The van der Waals surface area contributed by atoms with Crippen molar-refractivity contribution >= 4 is 28.2 Å². The Bertz CT molecular complexity index is 1470. The predicted octanol–water partition coefficient (Wildman–Crippen LogP) is 5.27. The Hall–Kier alpha value is -3.72. The van der Waals surface area contributed by atoms with E-state index in [1.807, 2.05) is 6.07 Å². The van der Waals surface area contributed by atoms with Crippen LogP contribution in [0.2, 0.25) is 0 Å². The molecule has 0 unspecified atom stereocenters. The molecular weight excluding hydrogens is 472 g/mol. The van der Waals surface area contributed by atoms with Crippen molar-refractivity contribution in [2.75, 3.05) is 36.4 Å². The standard InChI is InChI=1S/C28H27F2N7/c29-20-2-1-3-21(30)25(20)34-22-14-18(8-9-32-22)27-35-26-23(28(36-27)37-12-10-31-11-13-37)19(16-4-5-16)15-33-24(26)17-6-7-17/h1-3,8-9,14-17,31H,4-7,10-13H2,(H,32,34). The van der Waals surface area contributed by atoms with E-state index in [9.17, 15) is 8.78 Å². The molecule has 3 fully saturated rings. The third-order valence-corrected chi connectivity index (χ3v) is 7.40. The maximum Gasteiger partial charge on any atom is 0.162 e. The summed E-state index contributed by atoms with van der Waals surface area (Å²) in [5, 5.41) is 7.37. The van der Waals surface area contributed by atoms with Gasteiger partial charge in [0.25, 0.3) is 0 Å². The zero-order chi connectivity index (χ0) is 24.9. The topological polar surface area (TPSA) is 78.9 Å². The Morgan fingerprint density at radius 2 is 1.68 bits per heavy atom.